The molecule has 7 nitrogen and oxygen atoms in total. The van der Waals surface area contributed by atoms with Crippen molar-refractivity contribution in [1.29, 1.82) is 0 Å². The minimum atomic E-state index is -0.452. The number of rotatable bonds is 7. The van der Waals surface area contributed by atoms with Gasteiger partial charge in [-0.15, -0.1) is 0 Å². The van der Waals surface area contributed by atoms with Crippen LogP contribution in [0.25, 0.3) is 0 Å². The number of hydrogen-bond acceptors (Lipinski definition) is 6. The lowest BCUT2D eigenvalue weighted by molar-refractivity contribution is -0.385. The van der Waals surface area contributed by atoms with E-state index in [1.807, 2.05) is 24.3 Å². The van der Waals surface area contributed by atoms with Crippen LogP contribution in [0.2, 0.25) is 0 Å². The van der Waals surface area contributed by atoms with E-state index < -0.39 is 4.92 Å². The first-order valence-corrected chi connectivity index (χ1v) is 9.29. The molecular formula is C18H21BrN4O3. The summed E-state index contributed by atoms with van der Waals surface area (Å²) < 4.78 is 5.82. The average molecular weight is 421 g/mol. The summed E-state index contributed by atoms with van der Waals surface area (Å²) in [6.07, 6.45) is 3.71. The third-order valence-electron chi connectivity index (χ3n) is 4.51. The zero-order valence-electron chi connectivity index (χ0n) is 14.5. The fraction of sp³-hybridized carbons (Fsp3) is 0.389. The molecule has 1 aliphatic rings. The number of methoxy groups -OCH3 is 1. The van der Waals surface area contributed by atoms with Crippen LogP contribution in [0.1, 0.15) is 24.4 Å². The van der Waals surface area contributed by atoms with Gasteiger partial charge in [-0.25, -0.2) is 4.98 Å². The molecule has 1 aliphatic heterocycles. The van der Waals surface area contributed by atoms with Gasteiger partial charge in [0, 0.05) is 12.6 Å². The highest BCUT2D eigenvalue weighted by Crippen LogP contribution is 2.29. The molecule has 2 aromatic rings. The van der Waals surface area contributed by atoms with Crippen molar-refractivity contribution >= 4 is 27.4 Å². The number of ether oxygens (including phenoxy) is 1. The van der Waals surface area contributed by atoms with Crippen LogP contribution < -0.4 is 10.1 Å². The molecule has 1 saturated heterocycles. The van der Waals surface area contributed by atoms with Gasteiger partial charge in [-0.2, -0.15) is 0 Å². The van der Waals surface area contributed by atoms with Gasteiger partial charge in [0.15, 0.2) is 0 Å². The summed E-state index contributed by atoms with van der Waals surface area (Å²) in [5, 5.41) is 14.3. The standard InChI is InChI=1S/C18H21BrN4O3/c1-26-15-6-4-13(5-7-15)17(12-22-8-2-3-9-22)21-18-16(19)10-14(11-20-18)23(24)25/h4-7,10-11,17H,2-3,8-9,12H2,1H3,(H,20,21)/t17-/m1/s1. The Morgan fingerprint density at radius 2 is 2.04 bits per heavy atom. The molecule has 1 aromatic heterocycles. The van der Waals surface area contributed by atoms with Gasteiger partial charge in [-0.05, 0) is 59.6 Å². The lowest BCUT2D eigenvalue weighted by atomic mass is 10.1. The van der Waals surface area contributed by atoms with Gasteiger partial charge in [0.1, 0.15) is 17.8 Å². The van der Waals surface area contributed by atoms with Crippen LogP contribution in [0, 0.1) is 10.1 Å². The molecule has 0 aliphatic carbocycles. The average Bonchev–Trinajstić information content (AvgIpc) is 3.15. The van der Waals surface area contributed by atoms with Crippen molar-refractivity contribution in [2.24, 2.45) is 0 Å². The summed E-state index contributed by atoms with van der Waals surface area (Å²) in [7, 11) is 1.65. The Morgan fingerprint density at radius 1 is 1.35 bits per heavy atom. The molecule has 1 atom stereocenters. The number of pyridine rings is 1. The minimum Gasteiger partial charge on any atom is -0.497 e. The maximum absolute atomic E-state index is 10.9. The molecule has 0 amide bonds. The van der Waals surface area contributed by atoms with Crippen molar-refractivity contribution < 1.29 is 9.66 Å². The third-order valence-corrected chi connectivity index (χ3v) is 5.11. The Labute approximate surface area is 160 Å². The molecule has 138 valence electrons. The van der Waals surface area contributed by atoms with Crippen molar-refractivity contribution in [3.63, 3.8) is 0 Å². The molecule has 26 heavy (non-hydrogen) atoms. The van der Waals surface area contributed by atoms with E-state index in [1.54, 1.807) is 7.11 Å². The molecule has 0 bridgehead atoms. The van der Waals surface area contributed by atoms with Gasteiger partial charge in [0.25, 0.3) is 5.69 Å². The summed E-state index contributed by atoms with van der Waals surface area (Å²) in [4.78, 5) is 17.1. The predicted molar refractivity (Wildman–Crippen MR) is 104 cm³/mol. The Hall–Kier alpha value is -2.19. The number of likely N-dealkylation sites (tertiary alicyclic amines) is 1. The van der Waals surface area contributed by atoms with Crippen LogP contribution in [0.15, 0.2) is 41.0 Å². The number of halogens is 1. The van der Waals surface area contributed by atoms with Crippen molar-refractivity contribution in [2.45, 2.75) is 18.9 Å². The molecule has 2 heterocycles. The molecule has 0 unspecified atom stereocenters. The lowest BCUT2D eigenvalue weighted by Crippen LogP contribution is -2.29. The van der Waals surface area contributed by atoms with E-state index in [2.05, 4.69) is 31.1 Å². The summed E-state index contributed by atoms with van der Waals surface area (Å²) >= 11 is 3.39. The number of benzene rings is 1. The number of hydrogen-bond donors (Lipinski definition) is 1. The van der Waals surface area contributed by atoms with Gasteiger partial charge in [-0.1, -0.05) is 12.1 Å². The summed E-state index contributed by atoms with van der Waals surface area (Å²) in [6, 6.07) is 9.43. The lowest BCUT2D eigenvalue weighted by Gasteiger charge is -2.26. The topological polar surface area (TPSA) is 80.5 Å². The first-order chi connectivity index (χ1) is 12.6. The van der Waals surface area contributed by atoms with E-state index in [-0.39, 0.29) is 11.7 Å². The first kappa shape index (κ1) is 18.6. The molecule has 3 rings (SSSR count). The number of anilines is 1. The highest BCUT2D eigenvalue weighted by Gasteiger charge is 2.21. The quantitative estimate of drug-likeness (QED) is 0.538. The van der Waals surface area contributed by atoms with E-state index in [1.165, 1.54) is 25.1 Å². The van der Waals surface area contributed by atoms with Crippen LogP contribution in [0.5, 0.6) is 5.75 Å². The first-order valence-electron chi connectivity index (χ1n) is 8.49. The van der Waals surface area contributed by atoms with Crippen LogP contribution in [-0.4, -0.2) is 41.6 Å². The fourth-order valence-corrected chi connectivity index (χ4v) is 3.54. The second-order valence-corrected chi connectivity index (χ2v) is 7.11. The van der Waals surface area contributed by atoms with Crippen molar-refractivity contribution in [1.82, 2.24) is 9.88 Å². The van der Waals surface area contributed by atoms with E-state index in [9.17, 15) is 10.1 Å². The van der Waals surface area contributed by atoms with Crippen LogP contribution in [0.4, 0.5) is 11.5 Å². The van der Waals surface area contributed by atoms with E-state index >= 15 is 0 Å². The number of nitrogens with one attached hydrogen (secondary N) is 1. The summed E-state index contributed by atoms with van der Waals surface area (Å²) in [5.74, 6) is 1.40. The second-order valence-electron chi connectivity index (χ2n) is 6.26. The van der Waals surface area contributed by atoms with Gasteiger partial charge >= 0.3 is 0 Å². The normalized spacial score (nSPS) is 15.6. The van der Waals surface area contributed by atoms with E-state index in [0.29, 0.717) is 10.3 Å². The van der Waals surface area contributed by atoms with Gasteiger partial charge < -0.3 is 15.0 Å². The third kappa shape index (κ3) is 4.50. The highest BCUT2D eigenvalue weighted by molar-refractivity contribution is 9.10. The molecule has 0 radical (unpaired) electrons. The van der Waals surface area contributed by atoms with Gasteiger partial charge in [-0.3, -0.25) is 10.1 Å². The van der Waals surface area contributed by atoms with Crippen molar-refractivity contribution in [3.05, 3.63) is 56.7 Å². The second kappa shape index (κ2) is 8.46. The van der Waals surface area contributed by atoms with E-state index in [0.717, 1.165) is 30.9 Å². The summed E-state index contributed by atoms with van der Waals surface area (Å²) in [5.41, 5.74) is 1.08. The molecular weight excluding hydrogens is 400 g/mol. The van der Waals surface area contributed by atoms with Gasteiger partial charge in [0.05, 0.1) is 22.5 Å². The van der Waals surface area contributed by atoms with Crippen LogP contribution >= 0.6 is 15.9 Å². The van der Waals surface area contributed by atoms with Crippen LogP contribution in [-0.2, 0) is 0 Å². The molecule has 1 N–H and O–H groups in total. The molecule has 1 fully saturated rings. The maximum atomic E-state index is 10.9. The zero-order valence-corrected chi connectivity index (χ0v) is 16.1. The largest absolute Gasteiger partial charge is 0.497 e. The summed E-state index contributed by atoms with van der Waals surface area (Å²) in [6.45, 7) is 3.02. The molecule has 1 aromatic carbocycles. The Morgan fingerprint density at radius 3 is 2.62 bits per heavy atom. The Balaban J connectivity index is 1.83. The Bertz CT molecular complexity index is 764. The fourth-order valence-electron chi connectivity index (χ4n) is 3.09. The predicted octanol–water partition coefficient (Wildman–Crippen LogP) is 4.01. The number of aromatic nitrogens is 1. The highest BCUT2D eigenvalue weighted by atomic mass is 79.9. The number of nitro groups is 1. The van der Waals surface area contributed by atoms with Gasteiger partial charge in [0.2, 0.25) is 0 Å². The molecule has 0 spiro atoms. The molecule has 8 heteroatoms. The SMILES string of the molecule is COc1ccc([C@@H](CN2CCCC2)Nc2ncc([N+](=O)[O-])cc2Br)cc1. The smallest absolute Gasteiger partial charge is 0.288 e. The maximum Gasteiger partial charge on any atom is 0.288 e. The molecule has 0 saturated carbocycles. The monoisotopic (exact) mass is 420 g/mol. The minimum absolute atomic E-state index is 0.0178. The van der Waals surface area contributed by atoms with E-state index in [4.69, 9.17) is 4.74 Å². The van der Waals surface area contributed by atoms with Crippen molar-refractivity contribution in [2.75, 3.05) is 32.1 Å². The number of nitrogens with zero attached hydrogens (tertiary/aromatic N) is 3. The Kier molecular flexibility index (Phi) is 6.05. The zero-order chi connectivity index (χ0) is 18.5. The van der Waals surface area contributed by atoms with Crippen molar-refractivity contribution in [3.8, 4) is 5.75 Å². The van der Waals surface area contributed by atoms with Crippen LogP contribution in [0.3, 0.4) is 0 Å².